The lowest BCUT2D eigenvalue weighted by Gasteiger charge is -2.19. The van der Waals surface area contributed by atoms with E-state index in [0.29, 0.717) is 41.2 Å². The molecule has 0 unspecified atom stereocenters. The van der Waals surface area contributed by atoms with E-state index in [4.69, 9.17) is 9.47 Å². The Balaban J connectivity index is 1.60. The summed E-state index contributed by atoms with van der Waals surface area (Å²) < 4.78 is 53.3. The summed E-state index contributed by atoms with van der Waals surface area (Å²) >= 11 is 0. The van der Waals surface area contributed by atoms with E-state index in [1.54, 1.807) is 30.7 Å². The Bertz CT molecular complexity index is 1340. The second-order valence-electron chi connectivity index (χ2n) is 7.64. The predicted molar refractivity (Wildman–Crippen MR) is 123 cm³/mol. The molecule has 188 valence electrons. The number of fused-ring (bicyclic) bond motifs is 1. The third-order valence-electron chi connectivity index (χ3n) is 5.33. The summed E-state index contributed by atoms with van der Waals surface area (Å²) in [4.78, 5) is 21.9. The van der Waals surface area contributed by atoms with E-state index in [2.05, 4.69) is 25.1 Å². The van der Waals surface area contributed by atoms with Crippen LogP contribution in [0.15, 0.2) is 61.2 Å². The van der Waals surface area contributed by atoms with Gasteiger partial charge in [0.2, 0.25) is 0 Å². The summed E-state index contributed by atoms with van der Waals surface area (Å²) in [7, 11) is 3.04. The first kappa shape index (κ1) is 24.9. The van der Waals surface area contributed by atoms with Gasteiger partial charge in [0.25, 0.3) is 5.91 Å². The van der Waals surface area contributed by atoms with Gasteiger partial charge in [-0.1, -0.05) is 12.1 Å². The lowest BCUT2D eigenvalue weighted by Crippen LogP contribution is -2.29. The minimum Gasteiger partial charge on any atom is -0.494 e. The van der Waals surface area contributed by atoms with E-state index in [-0.39, 0.29) is 11.3 Å². The van der Waals surface area contributed by atoms with Gasteiger partial charge in [-0.05, 0) is 36.2 Å². The lowest BCUT2D eigenvalue weighted by atomic mass is 10.0. The van der Waals surface area contributed by atoms with Gasteiger partial charge < -0.3 is 19.5 Å². The molecule has 36 heavy (non-hydrogen) atoms. The van der Waals surface area contributed by atoms with Gasteiger partial charge in [0.15, 0.2) is 5.65 Å². The fourth-order valence-electron chi connectivity index (χ4n) is 3.63. The molecule has 12 heteroatoms. The molecule has 0 aliphatic carbocycles. The van der Waals surface area contributed by atoms with Crippen molar-refractivity contribution in [2.75, 3.05) is 20.8 Å². The smallest absolute Gasteiger partial charge is 0.494 e. The Morgan fingerprint density at radius 3 is 2.58 bits per heavy atom. The number of rotatable bonds is 9. The van der Waals surface area contributed by atoms with Crippen molar-refractivity contribution in [3.05, 3.63) is 72.3 Å². The number of nitrogens with one attached hydrogen (secondary N) is 1. The molecule has 0 spiro atoms. The number of ether oxygens (including phenoxy) is 3. The van der Waals surface area contributed by atoms with Gasteiger partial charge in [-0.25, -0.2) is 9.50 Å². The number of aromatic nitrogens is 4. The predicted octanol–water partition coefficient (Wildman–Crippen LogP) is 4.21. The third kappa shape index (κ3) is 5.71. The number of hydrogen-bond donors (Lipinski definition) is 1. The van der Waals surface area contributed by atoms with Crippen LogP contribution in [0.3, 0.4) is 0 Å². The maximum atomic E-state index is 13.2. The molecule has 3 aromatic heterocycles. The zero-order valence-electron chi connectivity index (χ0n) is 19.3. The van der Waals surface area contributed by atoms with Gasteiger partial charge in [-0.3, -0.25) is 9.78 Å². The molecular formula is C24H22F3N5O4. The maximum Gasteiger partial charge on any atom is 0.573 e. The Labute approximate surface area is 203 Å². The van der Waals surface area contributed by atoms with Crippen LogP contribution in [0.1, 0.15) is 28.4 Å². The zero-order valence-corrected chi connectivity index (χ0v) is 19.3. The highest BCUT2D eigenvalue weighted by Crippen LogP contribution is 2.28. The average molecular weight is 501 g/mol. The van der Waals surface area contributed by atoms with Crippen molar-refractivity contribution in [1.29, 1.82) is 0 Å². The minimum absolute atomic E-state index is 0.226. The molecule has 0 fully saturated rings. The average Bonchev–Trinajstić information content (AvgIpc) is 3.29. The molecule has 1 amide bonds. The van der Waals surface area contributed by atoms with Crippen LogP contribution in [0.5, 0.6) is 11.5 Å². The summed E-state index contributed by atoms with van der Waals surface area (Å²) in [6, 6.07) is 8.26. The van der Waals surface area contributed by atoms with Crippen molar-refractivity contribution >= 4 is 11.6 Å². The topological polar surface area (TPSA) is 99.9 Å². The lowest BCUT2D eigenvalue weighted by molar-refractivity contribution is -0.274. The van der Waals surface area contributed by atoms with Gasteiger partial charge >= 0.3 is 6.36 Å². The highest BCUT2D eigenvalue weighted by atomic mass is 19.4. The van der Waals surface area contributed by atoms with E-state index >= 15 is 0 Å². The zero-order chi connectivity index (χ0) is 25.7. The highest BCUT2D eigenvalue weighted by Gasteiger charge is 2.31. The maximum absolute atomic E-state index is 13.2. The molecule has 1 N–H and O–H groups in total. The number of carbonyl (C=O) groups is 1. The molecule has 4 aromatic rings. The summed E-state index contributed by atoms with van der Waals surface area (Å²) in [6.07, 6.45) is 1.85. The molecule has 4 rings (SSSR count). The van der Waals surface area contributed by atoms with Crippen molar-refractivity contribution in [3.63, 3.8) is 0 Å². The molecule has 0 saturated heterocycles. The molecule has 0 aliphatic rings. The quantitative estimate of drug-likeness (QED) is 0.367. The molecular weight excluding hydrogens is 479 g/mol. The van der Waals surface area contributed by atoms with Crippen LogP contribution in [0.25, 0.3) is 16.9 Å². The number of methoxy groups -OCH3 is 2. The number of pyridine rings is 1. The number of halogens is 3. The SMILES string of the molecule is COCC[C@@H](NC(=O)c1cnn2ccc(-c3ccncc3OC)nc12)c1ccc(OC(F)(F)F)cc1. The van der Waals surface area contributed by atoms with Gasteiger partial charge in [-0.2, -0.15) is 5.10 Å². The van der Waals surface area contributed by atoms with Crippen LogP contribution in [0.2, 0.25) is 0 Å². The number of alkyl halides is 3. The monoisotopic (exact) mass is 501 g/mol. The second kappa shape index (κ2) is 10.6. The van der Waals surface area contributed by atoms with Crippen molar-refractivity contribution in [2.24, 2.45) is 0 Å². The molecule has 9 nitrogen and oxygen atoms in total. The summed E-state index contributed by atoms with van der Waals surface area (Å²) in [5.74, 6) is -0.278. The first-order valence-electron chi connectivity index (χ1n) is 10.8. The fraction of sp³-hybridized carbons (Fsp3) is 0.250. The Morgan fingerprint density at radius 1 is 1.11 bits per heavy atom. The number of nitrogens with zero attached hydrogens (tertiary/aromatic N) is 4. The van der Waals surface area contributed by atoms with Crippen LogP contribution in [0, 0.1) is 0 Å². The molecule has 1 atom stereocenters. The van der Waals surface area contributed by atoms with E-state index in [9.17, 15) is 18.0 Å². The van der Waals surface area contributed by atoms with Crippen LogP contribution in [-0.2, 0) is 4.74 Å². The molecule has 0 aliphatic heterocycles. The van der Waals surface area contributed by atoms with Gasteiger partial charge in [0.1, 0.15) is 17.1 Å². The molecule has 3 heterocycles. The van der Waals surface area contributed by atoms with Crippen molar-refractivity contribution in [3.8, 4) is 22.8 Å². The van der Waals surface area contributed by atoms with E-state index < -0.39 is 18.3 Å². The number of amides is 1. The van der Waals surface area contributed by atoms with Crippen molar-refractivity contribution < 1.29 is 32.2 Å². The van der Waals surface area contributed by atoms with E-state index in [1.165, 1.54) is 49.2 Å². The largest absolute Gasteiger partial charge is 0.573 e. The Kier molecular flexibility index (Phi) is 7.34. The normalized spacial score (nSPS) is 12.4. The molecule has 0 saturated carbocycles. The molecule has 1 aromatic carbocycles. The minimum atomic E-state index is -4.79. The van der Waals surface area contributed by atoms with Gasteiger partial charge in [0, 0.05) is 31.7 Å². The molecule has 0 bridgehead atoms. The van der Waals surface area contributed by atoms with Crippen molar-refractivity contribution in [1.82, 2.24) is 24.9 Å². The van der Waals surface area contributed by atoms with Crippen LogP contribution in [0.4, 0.5) is 13.2 Å². The standard InChI is InChI=1S/C24H22F3N5O4/c1-34-12-9-19(15-3-5-16(6-4-15)36-24(25,26)27)31-23(33)18-13-29-32-11-8-20(30-22(18)32)17-7-10-28-14-21(17)35-2/h3-8,10-11,13-14,19H,9,12H2,1-2H3,(H,31,33)/t19-/m1/s1. The van der Waals surface area contributed by atoms with Crippen LogP contribution < -0.4 is 14.8 Å². The van der Waals surface area contributed by atoms with E-state index in [1.807, 2.05) is 0 Å². The fourth-order valence-corrected chi connectivity index (χ4v) is 3.63. The van der Waals surface area contributed by atoms with Crippen molar-refractivity contribution in [2.45, 2.75) is 18.8 Å². The Morgan fingerprint density at radius 2 is 1.89 bits per heavy atom. The second-order valence-corrected chi connectivity index (χ2v) is 7.64. The summed E-state index contributed by atoms with van der Waals surface area (Å²) in [6.45, 7) is 0.310. The Hall–Kier alpha value is -4.19. The van der Waals surface area contributed by atoms with Gasteiger partial charge in [0.05, 0.1) is 31.2 Å². The number of benzene rings is 1. The van der Waals surface area contributed by atoms with Crippen LogP contribution >= 0.6 is 0 Å². The third-order valence-corrected chi connectivity index (χ3v) is 5.33. The number of hydrogen-bond acceptors (Lipinski definition) is 7. The van der Waals surface area contributed by atoms with E-state index in [0.717, 1.165) is 0 Å². The first-order valence-corrected chi connectivity index (χ1v) is 10.8. The van der Waals surface area contributed by atoms with Crippen LogP contribution in [-0.4, -0.2) is 52.7 Å². The first-order chi connectivity index (χ1) is 17.3. The van der Waals surface area contributed by atoms with Gasteiger partial charge in [-0.15, -0.1) is 13.2 Å². The summed E-state index contributed by atoms with van der Waals surface area (Å²) in [5.41, 5.74) is 2.39. The number of carbonyl (C=O) groups excluding carboxylic acids is 1. The summed E-state index contributed by atoms with van der Waals surface area (Å²) in [5, 5.41) is 7.11. The molecule has 0 radical (unpaired) electrons. The highest BCUT2D eigenvalue weighted by molar-refractivity contribution is 6.00.